The number of amides is 2. The largest absolute Gasteiger partial charge is 0.481 e. The molecule has 0 aromatic heterocycles. The number of hydrogen-bond donors (Lipinski definition) is 4. The van der Waals surface area contributed by atoms with Crippen molar-refractivity contribution in [3.05, 3.63) is 83.7 Å². The van der Waals surface area contributed by atoms with Gasteiger partial charge in [0.15, 0.2) is 0 Å². The van der Waals surface area contributed by atoms with Crippen molar-refractivity contribution in [3.63, 3.8) is 0 Å². The van der Waals surface area contributed by atoms with Crippen molar-refractivity contribution < 1.29 is 38.8 Å². The van der Waals surface area contributed by atoms with Gasteiger partial charge in [-0.2, -0.15) is 0 Å². The Labute approximate surface area is 250 Å². The zero-order valence-electron chi connectivity index (χ0n) is 24.8. The monoisotopic (exact) mass is 594 g/mol. The summed E-state index contributed by atoms with van der Waals surface area (Å²) in [4.78, 5) is 26.4. The number of urea groups is 1. The molecule has 10 heteroatoms. The normalized spacial score (nSPS) is 15.6. The lowest BCUT2D eigenvalue weighted by molar-refractivity contribution is -0.142. The molecule has 1 aliphatic heterocycles. The molecule has 1 fully saturated rings. The van der Waals surface area contributed by atoms with Crippen molar-refractivity contribution in [3.8, 4) is 17.2 Å². The number of benzene rings is 3. The summed E-state index contributed by atoms with van der Waals surface area (Å²) in [5.74, 6) is -0.123. The van der Waals surface area contributed by atoms with Crippen LogP contribution in [0.25, 0.3) is 0 Å². The number of likely N-dealkylation sites (tertiary alicyclic amines) is 1. The Morgan fingerprint density at radius 3 is 2.16 bits per heavy atom. The molecule has 1 atom stereocenters. The highest BCUT2D eigenvalue weighted by Gasteiger charge is 2.34. The molecule has 3 aromatic rings. The SMILES string of the molecule is CC(C)CC1(O)CCN(C(=O)Nc2cc(Oc3ccc(F)cc3)cc(C(O)Oc3ccc(C(C)(C)C(=O)O)cc3)c2)CC1. The van der Waals surface area contributed by atoms with Gasteiger partial charge < -0.3 is 35.0 Å². The lowest BCUT2D eigenvalue weighted by Gasteiger charge is -2.39. The zero-order chi connectivity index (χ0) is 31.4. The van der Waals surface area contributed by atoms with E-state index in [0.717, 1.165) is 0 Å². The van der Waals surface area contributed by atoms with E-state index in [9.17, 15) is 29.3 Å². The van der Waals surface area contributed by atoms with E-state index in [2.05, 4.69) is 19.2 Å². The third-order valence-corrected chi connectivity index (χ3v) is 7.64. The van der Waals surface area contributed by atoms with Gasteiger partial charge in [0.05, 0.1) is 11.0 Å². The number of aliphatic carboxylic acids is 1. The van der Waals surface area contributed by atoms with Crippen LogP contribution in [0.3, 0.4) is 0 Å². The molecule has 230 valence electrons. The molecule has 4 rings (SSSR count). The number of carbonyl (C=O) groups excluding carboxylic acids is 1. The minimum Gasteiger partial charge on any atom is -0.481 e. The molecule has 0 saturated carbocycles. The molecule has 0 spiro atoms. The van der Waals surface area contributed by atoms with Crippen LogP contribution in [-0.2, 0) is 10.2 Å². The van der Waals surface area contributed by atoms with Gasteiger partial charge >= 0.3 is 12.0 Å². The third kappa shape index (κ3) is 8.24. The molecule has 3 aromatic carbocycles. The van der Waals surface area contributed by atoms with Gasteiger partial charge in [0, 0.05) is 30.4 Å². The van der Waals surface area contributed by atoms with Crippen LogP contribution in [0.4, 0.5) is 14.9 Å². The van der Waals surface area contributed by atoms with Crippen molar-refractivity contribution >= 4 is 17.7 Å². The van der Waals surface area contributed by atoms with Crippen LogP contribution < -0.4 is 14.8 Å². The van der Waals surface area contributed by atoms with Crippen molar-refractivity contribution in [2.24, 2.45) is 5.92 Å². The molecule has 0 bridgehead atoms. The van der Waals surface area contributed by atoms with E-state index < -0.39 is 29.1 Å². The van der Waals surface area contributed by atoms with Crippen LogP contribution in [0, 0.1) is 11.7 Å². The maximum absolute atomic E-state index is 13.4. The predicted molar refractivity (Wildman–Crippen MR) is 160 cm³/mol. The number of hydrogen-bond acceptors (Lipinski definition) is 6. The molecule has 1 saturated heterocycles. The first-order chi connectivity index (χ1) is 20.2. The van der Waals surface area contributed by atoms with E-state index in [-0.39, 0.29) is 17.3 Å². The quantitative estimate of drug-likeness (QED) is 0.199. The molecule has 2 amide bonds. The second-order valence-electron chi connectivity index (χ2n) is 12.0. The summed E-state index contributed by atoms with van der Waals surface area (Å²) >= 11 is 0. The number of piperidine rings is 1. The fourth-order valence-corrected chi connectivity index (χ4v) is 5.10. The number of carboxylic acids is 1. The number of carbonyl (C=O) groups is 2. The number of anilines is 1. The molecule has 0 radical (unpaired) electrons. The fraction of sp³-hybridized carbons (Fsp3) is 0.394. The zero-order valence-corrected chi connectivity index (χ0v) is 24.8. The van der Waals surface area contributed by atoms with Gasteiger partial charge in [0.1, 0.15) is 23.1 Å². The Balaban J connectivity index is 1.53. The third-order valence-electron chi connectivity index (χ3n) is 7.64. The summed E-state index contributed by atoms with van der Waals surface area (Å²) in [6.45, 7) is 8.10. The highest BCUT2D eigenvalue weighted by atomic mass is 19.1. The molecule has 4 N–H and O–H groups in total. The van der Waals surface area contributed by atoms with Gasteiger partial charge in [-0.05, 0) is 93.1 Å². The molecule has 0 aliphatic carbocycles. The number of nitrogens with zero attached hydrogens (tertiary/aromatic N) is 1. The van der Waals surface area contributed by atoms with E-state index in [1.807, 2.05) is 0 Å². The summed E-state index contributed by atoms with van der Waals surface area (Å²) in [6.07, 6.45) is 0.165. The van der Waals surface area contributed by atoms with Crippen LogP contribution in [0.15, 0.2) is 66.7 Å². The molecule has 1 aliphatic rings. The Morgan fingerprint density at radius 2 is 1.58 bits per heavy atom. The first kappa shape index (κ1) is 31.8. The van der Waals surface area contributed by atoms with Gasteiger partial charge in [-0.3, -0.25) is 4.79 Å². The van der Waals surface area contributed by atoms with Gasteiger partial charge in [-0.1, -0.05) is 26.0 Å². The molecule has 43 heavy (non-hydrogen) atoms. The molecule has 9 nitrogen and oxygen atoms in total. The Hall–Kier alpha value is -4.15. The van der Waals surface area contributed by atoms with E-state index in [0.29, 0.717) is 61.0 Å². The second kappa shape index (κ2) is 13.0. The van der Waals surface area contributed by atoms with Gasteiger partial charge in [0.25, 0.3) is 0 Å². The van der Waals surface area contributed by atoms with Gasteiger partial charge in [-0.15, -0.1) is 0 Å². The van der Waals surface area contributed by atoms with Crippen molar-refractivity contribution in [1.82, 2.24) is 4.90 Å². The number of ether oxygens (including phenoxy) is 2. The van der Waals surface area contributed by atoms with Crippen LogP contribution >= 0.6 is 0 Å². The number of halogens is 1. The van der Waals surface area contributed by atoms with Crippen LogP contribution in [0.5, 0.6) is 17.2 Å². The minimum atomic E-state index is -1.47. The van der Waals surface area contributed by atoms with Crippen LogP contribution in [0.1, 0.15) is 64.4 Å². The highest BCUT2D eigenvalue weighted by molar-refractivity contribution is 5.89. The van der Waals surface area contributed by atoms with Crippen molar-refractivity contribution in [1.29, 1.82) is 0 Å². The van der Waals surface area contributed by atoms with E-state index in [1.54, 1.807) is 61.2 Å². The summed E-state index contributed by atoms with van der Waals surface area (Å²) < 4.78 is 25.1. The van der Waals surface area contributed by atoms with Gasteiger partial charge in [0.2, 0.25) is 6.29 Å². The summed E-state index contributed by atoms with van der Waals surface area (Å²) in [6, 6.07) is 16.1. The fourth-order valence-electron chi connectivity index (χ4n) is 5.10. The molecule has 1 heterocycles. The number of carboxylic acid groups (broad SMARTS) is 1. The number of aliphatic hydroxyl groups is 2. The topological polar surface area (TPSA) is 129 Å². The first-order valence-electron chi connectivity index (χ1n) is 14.3. The second-order valence-corrected chi connectivity index (χ2v) is 12.0. The Morgan fingerprint density at radius 1 is 0.977 bits per heavy atom. The molecule has 1 unspecified atom stereocenters. The Kier molecular flexibility index (Phi) is 9.62. The highest BCUT2D eigenvalue weighted by Crippen LogP contribution is 2.33. The van der Waals surface area contributed by atoms with Crippen LogP contribution in [0.2, 0.25) is 0 Å². The Bertz CT molecular complexity index is 1420. The molecular weight excluding hydrogens is 555 g/mol. The van der Waals surface area contributed by atoms with Crippen molar-refractivity contribution in [2.75, 3.05) is 18.4 Å². The standard InChI is InChI=1S/C33H39FN2O7/c1-21(2)20-33(41)13-15-36(16-14-33)31(40)35-25-17-22(18-28(19-25)42-26-11-7-24(34)8-12-26)29(37)43-27-9-5-23(6-10-27)32(3,4)30(38)39/h5-12,17-19,21,29,37,41H,13-16,20H2,1-4H3,(H,35,40)(H,38,39). The lowest BCUT2D eigenvalue weighted by atomic mass is 9.84. The smallest absolute Gasteiger partial charge is 0.321 e. The maximum Gasteiger partial charge on any atom is 0.321 e. The summed E-state index contributed by atoms with van der Waals surface area (Å²) in [5.41, 5.74) is -0.706. The molecular formula is C33H39FN2O7. The van der Waals surface area contributed by atoms with E-state index in [4.69, 9.17) is 9.47 Å². The van der Waals surface area contributed by atoms with Gasteiger partial charge in [-0.25, -0.2) is 9.18 Å². The van der Waals surface area contributed by atoms with E-state index in [1.165, 1.54) is 24.3 Å². The minimum absolute atomic E-state index is 0.269. The average Bonchev–Trinajstić information content (AvgIpc) is 2.94. The van der Waals surface area contributed by atoms with Crippen LogP contribution in [-0.4, -0.2) is 50.9 Å². The summed E-state index contributed by atoms with van der Waals surface area (Å²) in [7, 11) is 0. The van der Waals surface area contributed by atoms with Crippen molar-refractivity contribution in [2.45, 2.75) is 64.3 Å². The number of nitrogens with one attached hydrogen (secondary N) is 1. The lowest BCUT2D eigenvalue weighted by Crippen LogP contribution is -2.48. The predicted octanol–water partition coefficient (Wildman–Crippen LogP) is 6.46. The maximum atomic E-state index is 13.4. The van der Waals surface area contributed by atoms with E-state index >= 15 is 0 Å². The first-order valence-corrected chi connectivity index (χ1v) is 14.3. The summed E-state index contributed by atoms with van der Waals surface area (Å²) in [5, 5.41) is 34.2. The number of aliphatic hydroxyl groups excluding tert-OH is 1. The average molecular weight is 595 g/mol. The number of rotatable bonds is 10.